The molecule has 126 valence electrons. The van der Waals surface area contributed by atoms with Gasteiger partial charge in [-0.25, -0.2) is 4.98 Å². The minimum absolute atomic E-state index is 0.116. The first-order chi connectivity index (χ1) is 11.0. The van der Waals surface area contributed by atoms with Crippen LogP contribution in [-0.2, 0) is 23.2 Å². The summed E-state index contributed by atoms with van der Waals surface area (Å²) in [6.07, 6.45) is 6.14. The quantitative estimate of drug-likeness (QED) is 0.797. The third kappa shape index (κ3) is 3.57. The van der Waals surface area contributed by atoms with Gasteiger partial charge in [0, 0.05) is 45.0 Å². The lowest BCUT2D eigenvalue weighted by molar-refractivity contribution is -0.137. The van der Waals surface area contributed by atoms with E-state index >= 15 is 0 Å². The van der Waals surface area contributed by atoms with Gasteiger partial charge in [0.25, 0.3) is 0 Å². The summed E-state index contributed by atoms with van der Waals surface area (Å²) in [7, 11) is 1.95. The first kappa shape index (κ1) is 16.0. The fraction of sp³-hybridized carbons (Fsp3) is 0.706. The van der Waals surface area contributed by atoms with Crippen LogP contribution in [0.5, 0.6) is 0 Å². The van der Waals surface area contributed by atoms with E-state index in [1.54, 1.807) is 6.20 Å². The van der Waals surface area contributed by atoms with Crippen LogP contribution in [-0.4, -0.2) is 50.3 Å². The van der Waals surface area contributed by atoms with Gasteiger partial charge in [-0.1, -0.05) is 13.8 Å². The normalized spacial score (nSPS) is 21.3. The van der Waals surface area contributed by atoms with Crippen molar-refractivity contribution in [1.82, 2.24) is 19.4 Å². The van der Waals surface area contributed by atoms with Gasteiger partial charge < -0.3 is 14.4 Å². The molecule has 23 heavy (non-hydrogen) atoms. The summed E-state index contributed by atoms with van der Waals surface area (Å²) in [4.78, 5) is 33.2. The lowest BCUT2D eigenvalue weighted by atomic mass is 10.1. The fourth-order valence-electron chi connectivity index (χ4n) is 3.26. The van der Waals surface area contributed by atoms with Crippen molar-refractivity contribution >= 4 is 11.8 Å². The Balaban J connectivity index is 1.67. The molecule has 0 spiro atoms. The molecule has 0 unspecified atom stereocenters. The van der Waals surface area contributed by atoms with Crippen molar-refractivity contribution in [2.45, 2.75) is 45.7 Å². The zero-order valence-electron chi connectivity index (χ0n) is 14.2. The molecule has 1 saturated carbocycles. The SMILES string of the molecule is CC(C)CN1C[C@@H](C(=O)N(Cc2nccn2C)C2CC2)CC1=O. The number of rotatable bonds is 6. The fourth-order valence-corrected chi connectivity index (χ4v) is 3.26. The highest BCUT2D eigenvalue weighted by Crippen LogP contribution is 2.31. The van der Waals surface area contributed by atoms with Crippen molar-refractivity contribution in [2.24, 2.45) is 18.9 Å². The summed E-state index contributed by atoms with van der Waals surface area (Å²) < 4.78 is 1.95. The van der Waals surface area contributed by atoms with E-state index in [-0.39, 0.29) is 17.7 Å². The minimum Gasteiger partial charge on any atom is -0.342 e. The van der Waals surface area contributed by atoms with Crippen LogP contribution in [0.25, 0.3) is 0 Å². The third-order valence-electron chi connectivity index (χ3n) is 4.65. The van der Waals surface area contributed by atoms with Crippen LogP contribution in [0.15, 0.2) is 12.4 Å². The maximum atomic E-state index is 13.0. The molecular formula is C17H26N4O2. The van der Waals surface area contributed by atoms with E-state index in [9.17, 15) is 9.59 Å². The van der Waals surface area contributed by atoms with Crippen LogP contribution in [0, 0.1) is 11.8 Å². The van der Waals surface area contributed by atoms with Gasteiger partial charge in [0.1, 0.15) is 5.82 Å². The molecule has 0 aromatic carbocycles. The lowest BCUT2D eigenvalue weighted by Crippen LogP contribution is -2.39. The second-order valence-corrected chi connectivity index (χ2v) is 7.25. The molecule has 2 fully saturated rings. The third-order valence-corrected chi connectivity index (χ3v) is 4.65. The molecule has 0 bridgehead atoms. The van der Waals surface area contributed by atoms with E-state index < -0.39 is 0 Å². The van der Waals surface area contributed by atoms with Gasteiger partial charge in [0.2, 0.25) is 11.8 Å². The number of aryl methyl sites for hydroxylation is 1. The Kier molecular flexibility index (Phi) is 4.41. The second kappa shape index (κ2) is 6.34. The van der Waals surface area contributed by atoms with Gasteiger partial charge in [-0.3, -0.25) is 9.59 Å². The Morgan fingerprint density at radius 1 is 1.43 bits per heavy atom. The number of nitrogens with zero attached hydrogens (tertiary/aromatic N) is 4. The molecule has 1 saturated heterocycles. The minimum atomic E-state index is -0.192. The van der Waals surface area contributed by atoms with E-state index in [4.69, 9.17) is 0 Å². The lowest BCUT2D eigenvalue weighted by Gasteiger charge is -2.25. The van der Waals surface area contributed by atoms with Crippen molar-refractivity contribution < 1.29 is 9.59 Å². The van der Waals surface area contributed by atoms with Crippen LogP contribution >= 0.6 is 0 Å². The molecule has 1 aliphatic carbocycles. The number of likely N-dealkylation sites (tertiary alicyclic amines) is 1. The second-order valence-electron chi connectivity index (χ2n) is 7.25. The number of aromatic nitrogens is 2. The standard InChI is InChI=1S/C17H26N4O2/c1-12(2)9-20-10-13(8-16(20)22)17(23)21(14-4-5-14)11-15-18-6-7-19(15)3/h6-7,12-14H,4-5,8-11H2,1-3H3/t13-/m0/s1. The van der Waals surface area contributed by atoms with Crippen molar-refractivity contribution in [1.29, 1.82) is 0 Å². The van der Waals surface area contributed by atoms with Crippen molar-refractivity contribution in [3.63, 3.8) is 0 Å². The predicted octanol–water partition coefficient (Wildman–Crippen LogP) is 1.42. The van der Waals surface area contributed by atoms with E-state index in [2.05, 4.69) is 18.8 Å². The largest absolute Gasteiger partial charge is 0.342 e. The highest BCUT2D eigenvalue weighted by atomic mass is 16.2. The van der Waals surface area contributed by atoms with E-state index in [0.29, 0.717) is 31.5 Å². The molecule has 6 nitrogen and oxygen atoms in total. The molecule has 2 heterocycles. The Hall–Kier alpha value is -1.85. The Morgan fingerprint density at radius 2 is 2.17 bits per heavy atom. The molecule has 1 aliphatic heterocycles. The predicted molar refractivity (Wildman–Crippen MR) is 86.3 cm³/mol. The Labute approximate surface area is 137 Å². The van der Waals surface area contributed by atoms with Gasteiger partial charge >= 0.3 is 0 Å². The maximum absolute atomic E-state index is 13.0. The van der Waals surface area contributed by atoms with E-state index in [1.165, 1.54) is 0 Å². The summed E-state index contributed by atoms with van der Waals surface area (Å²) in [6.45, 7) is 6.05. The molecule has 1 aromatic heterocycles. The van der Waals surface area contributed by atoms with Crippen molar-refractivity contribution in [3.05, 3.63) is 18.2 Å². The highest BCUT2D eigenvalue weighted by molar-refractivity contribution is 5.89. The monoisotopic (exact) mass is 318 g/mol. The van der Waals surface area contributed by atoms with E-state index in [0.717, 1.165) is 25.2 Å². The number of amides is 2. The highest BCUT2D eigenvalue weighted by Gasteiger charge is 2.41. The number of carbonyl (C=O) groups is 2. The molecule has 2 aliphatic rings. The summed E-state index contributed by atoms with van der Waals surface area (Å²) >= 11 is 0. The van der Waals surface area contributed by atoms with Gasteiger partial charge in [-0.2, -0.15) is 0 Å². The van der Waals surface area contributed by atoms with Crippen LogP contribution in [0.3, 0.4) is 0 Å². The first-order valence-corrected chi connectivity index (χ1v) is 8.50. The summed E-state index contributed by atoms with van der Waals surface area (Å²) in [6, 6.07) is 0.327. The Morgan fingerprint density at radius 3 is 2.74 bits per heavy atom. The molecule has 0 N–H and O–H groups in total. The Bertz CT molecular complexity index is 591. The van der Waals surface area contributed by atoms with Crippen LogP contribution in [0.1, 0.15) is 38.9 Å². The van der Waals surface area contributed by atoms with E-state index in [1.807, 2.05) is 27.6 Å². The summed E-state index contributed by atoms with van der Waals surface area (Å²) in [5.41, 5.74) is 0. The van der Waals surface area contributed by atoms with Gasteiger partial charge in [-0.15, -0.1) is 0 Å². The number of hydrogen-bond donors (Lipinski definition) is 0. The van der Waals surface area contributed by atoms with Crippen LogP contribution in [0.4, 0.5) is 0 Å². The molecule has 1 aromatic rings. The average molecular weight is 318 g/mol. The number of hydrogen-bond acceptors (Lipinski definition) is 3. The summed E-state index contributed by atoms with van der Waals surface area (Å²) in [5.74, 6) is 1.37. The smallest absolute Gasteiger partial charge is 0.228 e. The zero-order valence-corrected chi connectivity index (χ0v) is 14.2. The van der Waals surface area contributed by atoms with Gasteiger partial charge in [0.15, 0.2) is 0 Å². The molecule has 0 radical (unpaired) electrons. The number of imidazole rings is 1. The topological polar surface area (TPSA) is 58.4 Å². The van der Waals surface area contributed by atoms with Gasteiger partial charge in [0.05, 0.1) is 12.5 Å². The van der Waals surface area contributed by atoms with Crippen LogP contribution < -0.4 is 0 Å². The number of carbonyl (C=O) groups excluding carboxylic acids is 2. The first-order valence-electron chi connectivity index (χ1n) is 8.50. The maximum Gasteiger partial charge on any atom is 0.228 e. The summed E-state index contributed by atoms with van der Waals surface area (Å²) in [5, 5.41) is 0. The molecular weight excluding hydrogens is 292 g/mol. The van der Waals surface area contributed by atoms with Crippen molar-refractivity contribution in [2.75, 3.05) is 13.1 Å². The molecule has 1 atom stereocenters. The van der Waals surface area contributed by atoms with Crippen molar-refractivity contribution in [3.8, 4) is 0 Å². The molecule has 6 heteroatoms. The molecule has 3 rings (SSSR count). The van der Waals surface area contributed by atoms with Crippen LogP contribution in [0.2, 0.25) is 0 Å². The zero-order chi connectivity index (χ0) is 16.6. The average Bonchev–Trinajstić information content (AvgIpc) is 3.16. The molecule has 2 amide bonds. The van der Waals surface area contributed by atoms with Gasteiger partial charge in [-0.05, 0) is 18.8 Å².